The molecule has 1 fully saturated rings. The summed E-state index contributed by atoms with van der Waals surface area (Å²) in [7, 11) is 1.82. The molecule has 2 amide bonds. The first-order chi connectivity index (χ1) is 11.1. The van der Waals surface area contributed by atoms with E-state index < -0.39 is 0 Å². The summed E-state index contributed by atoms with van der Waals surface area (Å²) < 4.78 is 0. The number of carbonyl (C=O) groups excluding carboxylic acids is 1. The molecule has 0 unspecified atom stereocenters. The molecule has 1 heterocycles. The lowest BCUT2D eigenvalue weighted by atomic mass is 10.2. The van der Waals surface area contributed by atoms with Crippen LogP contribution in [0, 0.1) is 0 Å². The van der Waals surface area contributed by atoms with E-state index in [2.05, 4.69) is 11.0 Å². The summed E-state index contributed by atoms with van der Waals surface area (Å²) in [6, 6.07) is 17.6. The number of para-hydroxylation sites is 1. The number of amides is 2. The minimum absolute atomic E-state index is 0.0435. The Morgan fingerprint density at radius 3 is 2.35 bits per heavy atom. The van der Waals surface area contributed by atoms with Crippen molar-refractivity contribution in [3.8, 4) is 0 Å². The van der Waals surface area contributed by atoms with Crippen LogP contribution in [0.4, 0.5) is 16.2 Å². The van der Waals surface area contributed by atoms with Gasteiger partial charge in [-0.1, -0.05) is 35.9 Å². The fourth-order valence-electron chi connectivity index (χ4n) is 2.80. The maximum Gasteiger partial charge on any atom is 0.324 e. The highest BCUT2D eigenvalue weighted by atomic mass is 35.5. The molecular weight excluding hydrogens is 310 g/mol. The highest BCUT2D eigenvalue weighted by Gasteiger charge is 2.24. The summed E-state index contributed by atoms with van der Waals surface area (Å²) >= 11 is 6.05. The first kappa shape index (κ1) is 15.7. The van der Waals surface area contributed by atoms with Gasteiger partial charge in [-0.15, -0.1) is 0 Å². The largest absolute Gasteiger partial charge is 0.368 e. The molecule has 0 atom stereocenters. The number of carbonyl (C=O) groups is 1. The maximum absolute atomic E-state index is 12.6. The average molecular weight is 330 g/mol. The van der Waals surface area contributed by atoms with Crippen molar-refractivity contribution >= 4 is 29.0 Å². The SMILES string of the molecule is CN(C(=O)N1CCN(c2cccc(Cl)c2)CC1)c1ccccc1. The van der Waals surface area contributed by atoms with E-state index in [0.717, 1.165) is 29.5 Å². The minimum atomic E-state index is 0.0435. The second-order valence-electron chi connectivity index (χ2n) is 5.63. The summed E-state index contributed by atoms with van der Waals surface area (Å²) in [6.45, 7) is 3.05. The van der Waals surface area contributed by atoms with Crippen molar-refractivity contribution in [2.45, 2.75) is 0 Å². The van der Waals surface area contributed by atoms with Crippen molar-refractivity contribution in [2.24, 2.45) is 0 Å². The van der Waals surface area contributed by atoms with E-state index in [0.29, 0.717) is 13.1 Å². The number of halogens is 1. The van der Waals surface area contributed by atoms with Crippen molar-refractivity contribution in [3.63, 3.8) is 0 Å². The molecule has 0 aromatic heterocycles. The monoisotopic (exact) mass is 329 g/mol. The van der Waals surface area contributed by atoms with Crippen molar-refractivity contribution in [1.29, 1.82) is 0 Å². The topological polar surface area (TPSA) is 26.8 Å². The van der Waals surface area contributed by atoms with Gasteiger partial charge in [-0.25, -0.2) is 4.79 Å². The average Bonchev–Trinajstić information content (AvgIpc) is 2.61. The molecule has 1 aliphatic heterocycles. The highest BCUT2D eigenvalue weighted by Crippen LogP contribution is 2.21. The summed E-state index contributed by atoms with van der Waals surface area (Å²) in [5.74, 6) is 0. The summed E-state index contributed by atoms with van der Waals surface area (Å²) in [4.78, 5) is 18.5. The fourth-order valence-corrected chi connectivity index (χ4v) is 2.99. The third-order valence-electron chi connectivity index (χ3n) is 4.15. The Morgan fingerprint density at radius 1 is 1.00 bits per heavy atom. The van der Waals surface area contributed by atoms with Crippen LogP contribution in [0.2, 0.25) is 5.02 Å². The van der Waals surface area contributed by atoms with E-state index in [1.807, 2.05) is 60.5 Å². The molecule has 1 aliphatic rings. The van der Waals surface area contributed by atoms with Gasteiger partial charge in [-0.3, -0.25) is 4.90 Å². The molecule has 5 heteroatoms. The lowest BCUT2D eigenvalue weighted by Gasteiger charge is -2.37. The van der Waals surface area contributed by atoms with E-state index in [1.54, 1.807) is 4.90 Å². The zero-order chi connectivity index (χ0) is 16.2. The Hall–Kier alpha value is -2.20. The lowest BCUT2D eigenvalue weighted by molar-refractivity contribution is 0.202. The van der Waals surface area contributed by atoms with Gasteiger partial charge < -0.3 is 9.80 Å². The van der Waals surface area contributed by atoms with Crippen molar-refractivity contribution < 1.29 is 4.79 Å². The van der Waals surface area contributed by atoms with Gasteiger partial charge >= 0.3 is 6.03 Å². The predicted molar refractivity (Wildman–Crippen MR) is 95.5 cm³/mol. The van der Waals surface area contributed by atoms with E-state index >= 15 is 0 Å². The number of nitrogens with zero attached hydrogens (tertiary/aromatic N) is 3. The number of benzene rings is 2. The molecule has 2 aromatic carbocycles. The molecule has 0 bridgehead atoms. The number of piperazine rings is 1. The third kappa shape index (κ3) is 3.59. The standard InChI is InChI=1S/C18H20ClN3O/c1-20(16-7-3-2-4-8-16)18(23)22-12-10-21(11-13-22)17-9-5-6-15(19)14-17/h2-9,14H,10-13H2,1H3. The van der Waals surface area contributed by atoms with Gasteiger partial charge in [0.25, 0.3) is 0 Å². The quantitative estimate of drug-likeness (QED) is 0.839. The molecule has 0 spiro atoms. The van der Waals surface area contributed by atoms with Crippen LogP contribution in [0.15, 0.2) is 54.6 Å². The molecule has 0 aliphatic carbocycles. The molecule has 0 N–H and O–H groups in total. The van der Waals surface area contributed by atoms with Crippen LogP contribution in [0.1, 0.15) is 0 Å². The molecule has 4 nitrogen and oxygen atoms in total. The van der Waals surface area contributed by atoms with Crippen LogP contribution in [0.3, 0.4) is 0 Å². The smallest absolute Gasteiger partial charge is 0.324 e. The highest BCUT2D eigenvalue weighted by molar-refractivity contribution is 6.30. The number of anilines is 2. The third-order valence-corrected chi connectivity index (χ3v) is 4.39. The second-order valence-corrected chi connectivity index (χ2v) is 6.07. The zero-order valence-electron chi connectivity index (χ0n) is 13.2. The number of hydrogen-bond donors (Lipinski definition) is 0. The lowest BCUT2D eigenvalue weighted by Crippen LogP contribution is -2.52. The van der Waals surface area contributed by atoms with E-state index in [4.69, 9.17) is 11.6 Å². The van der Waals surface area contributed by atoms with Crippen molar-refractivity contribution in [3.05, 3.63) is 59.6 Å². The first-order valence-electron chi connectivity index (χ1n) is 7.73. The van der Waals surface area contributed by atoms with E-state index in [9.17, 15) is 4.79 Å². The molecule has 0 saturated carbocycles. The van der Waals surface area contributed by atoms with Crippen LogP contribution < -0.4 is 9.80 Å². The molecule has 3 rings (SSSR count). The van der Waals surface area contributed by atoms with E-state index in [1.165, 1.54) is 0 Å². The fraction of sp³-hybridized carbons (Fsp3) is 0.278. The van der Waals surface area contributed by atoms with Gasteiger partial charge in [0.05, 0.1) is 0 Å². The van der Waals surface area contributed by atoms with Crippen LogP contribution in [-0.2, 0) is 0 Å². The van der Waals surface area contributed by atoms with Gasteiger partial charge in [-0.2, -0.15) is 0 Å². The van der Waals surface area contributed by atoms with Gasteiger partial charge in [0.1, 0.15) is 0 Å². The van der Waals surface area contributed by atoms with Crippen LogP contribution in [0.25, 0.3) is 0 Å². The molecular formula is C18H20ClN3O. The zero-order valence-corrected chi connectivity index (χ0v) is 13.9. The van der Waals surface area contributed by atoms with Crippen LogP contribution in [-0.4, -0.2) is 44.2 Å². The number of hydrogen-bond acceptors (Lipinski definition) is 2. The first-order valence-corrected chi connectivity index (χ1v) is 8.11. The molecule has 2 aromatic rings. The molecule has 0 radical (unpaired) electrons. The Labute approximate surface area is 141 Å². The number of rotatable bonds is 2. The van der Waals surface area contributed by atoms with Gasteiger partial charge in [0.2, 0.25) is 0 Å². The Bertz CT molecular complexity index is 669. The second kappa shape index (κ2) is 6.92. The molecule has 23 heavy (non-hydrogen) atoms. The Balaban J connectivity index is 1.61. The normalized spacial score (nSPS) is 14.7. The van der Waals surface area contributed by atoms with Crippen molar-refractivity contribution in [2.75, 3.05) is 43.0 Å². The number of urea groups is 1. The van der Waals surface area contributed by atoms with Crippen molar-refractivity contribution in [1.82, 2.24) is 4.90 Å². The molecule has 1 saturated heterocycles. The predicted octanol–water partition coefficient (Wildman–Crippen LogP) is 3.72. The van der Waals surface area contributed by atoms with Crippen LogP contribution in [0.5, 0.6) is 0 Å². The summed E-state index contributed by atoms with van der Waals surface area (Å²) in [5.41, 5.74) is 2.02. The summed E-state index contributed by atoms with van der Waals surface area (Å²) in [5, 5.41) is 0.741. The summed E-state index contributed by atoms with van der Waals surface area (Å²) in [6.07, 6.45) is 0. The Kier molecular flexibility index (Phi) is 4.72. The van der Waals surface area contributed by atoms with Gasteiger partial charge in [0.15, 0.2) is 0 Å². The van der Waals surface area contributed by atoms with Gasteiger partial charge in [0, 0.05) is 49.6 Å². The van der Waals surface area contributed by atoms with E-state index in [-0.39, 0.29) is 6.03 Å². The van der Waals surface area contributed by atoms with Gasteiger partial charge in [-0.05, 0) is 30.3 Å². The Morgan fingerprint density at radius 2 is 1.70 bits per heavy atom. The molecule has 120 valence electrons. The minimum Gasteiger partial charge on any atom is -0.368 e. The van der Waals surface area contributed by atoms with Crippen LogP contribution >= 0.6 is 11.6 Å². The maximum atomic E-state index is 12.6.